The molecule has 0 heterocycles. The van der Waals surface area contributed by atoms with Crippen LogP contribution in [0.25, 0.3) is 0 Å². The first-order valence-electron chi connectivity index (χ1n) is 10.3. The molecule has 172 valence electrons. The van der Waals surface area contributed by atoms with E-state index in [1.807, 2.05) is 12.1 Å². The lowest BCUT2D eigenvalue weighted by atomic mass is 10.2. The van der Waals surface area contributed by atoms with E-state index in [4.69, 9.17) is 26.5 Å². The van der Waals surface area contributed by atoms with Crippen molar-refractivity contribution in [2.45, 2.75) is 32.3 Å². The number of amides is 2. The standard InChI is InChI=1S/C23H29N3O5S/c1-29-19-13-12-18(20(15-19)30-2)16-31-26-21(27)11-7-4-8-14-24-23(32)25-22(28)17-9-5-3-6-10-17/h3,5-6,9-10,12-13,15H,4,7-8,11,14,16H2,1-2H3,(H,26,27)(H2,24,25,28,32). The number of rotatable bonds is 12. The molecule has 2 aromatic rings. The number of unbranched alkanes of at least 4 members (excludes halogenated alkanes) is 2. The summed E-state index contributed by atoms with van der Waals surface area (Å²) in [5.41, 5.74) is 3.80. The van der Waals surface area contributed by atoms with Gasteiger partial charge in [-0.05, 0) is 49.3 Å². The molecule has 3 N–H and O–H groups in total. The third-order valence-electron chi connectivity index (χ3n) is 4.54. The number of thiocarbonyl (C=S) groups is 1. The molecule has 0 bridgehead atoms. The number of hydrogen-bond donors (Lipinski definition) is 3. The maximum Gasteiger partial charge on any atom is 0.257 e. The van der Waals surface area contributed by atoms with Crippen molar-refractivity contribution in [2.24, 2.45) is 0 Å². The third-order valence-corrected chi connectivity index (χ3v) is 4.78. The summed E-state index contributed by atoms with van der Waals surface area (Å²) in [6.07, 6.45) is 2.72. The van der Waals surface area contributed by atoms with E-state index < -0.39 is 0 Å². The number of carbonyl (C=O) groups excluding carboxylic acids is 2. The molecule has 2 amide bonds. The fraction of sp³-hybridized carbons (Fsp3) is 0.348. The van der Waals surface area contributed by atoms with Crippen molar-refractivity contribution in [1.29, 1.82) is 0 Å². The van der Waals surface area contributed by atoms with Gasteiger partial charge < -0.3 is 14.8 Å². The highest BCUT2D eigenvalue weighted by molar-refractivity contribution is 7.80. The number of ether oxygens (including phenoxy) is 2. The van der Waals surface area contributed by atoms with Crippen molar-refractivity contribution in [3.63, 3.8) is 0 Å². The SMILES string of the molecule is COc1ccc(CONC(=O)CCCCCNC(=S)NC(=O)c2ccccc2)c(OC)c1. The molecule has 0 aromatic heterocycles. The Morgan fingerprint density at radius 1 is 0.969 bits per heavy atom. The minimum Gasteiger partial charge on any atom is -0.497 e. The molecule has 32 heavy (non-hydrogen) atoms. The molecule has 0 aliphatic carbocycles. The summed E-state index contributed by atoms with van der Waals surface area (Å²) in [6, 6.07) is 14.3. The molecule has 0 spiro atoms. The summed E-state index contributed by atoms with van der Waals surface area (Å²) in [5, 5.41) is 5.93. The lowest BCUT2D eigenvalue weighted by molar-refractivity contribution is -0.134. The van der Waals surface area contributed by atoms with Crippen molar-refractivity contribution in [2.75, 3.05) is 20.8 Å². The second-order valence-electron chi connectivity index (χ2n) is 6.88. The Morgan fingerprint density at radius 2 is 1.75 bits per heavy atom. The van der Waals surface area contributed by atoms with E-state index in [0.29, 0.717) is 41.6 Å². The van der Waals surface area contributed by atoms with Gasteiger partial charge in [-0.3, -0.25) is 19.7 Å². The van der Waals surface area contributed by atoms with Gasteiger partial charge in [-0.1, -0.05) is 24.6 Å². The summed E-state index contributed by atoms with van der Waals surface area (Å²) in [4.78, 5) is 29.2. The molecule has 0 unspecified atom stereocenters. The summed E-state index contributed by atoms with van der Waals surface area (Å²) in [6.45, 7) is 0.804. The minimum atomic E-state index is -0.243. The molecule has 0 aliphatic heterocycles. The number of nitrogens with one attached hydrogen (secondary N) is 3. The first kappa shape index (κ1) is 25.1. The Hall–Kier alpha value is -3.17. The van der Waals surface area contributed by atoms with Crippen molar-refractivity contribution in [1.82, 2.24) is 16.1 Å². The van der Waals surface area contributed by atoms with Crippen LogP contribution in [-0.4, -0.2) is 37.7 Å². The van der Waals surface area contributed by atoms with Crippen LogP contribution >= 0.6 is 12.2 Å². The van der Waals surface area contributed by atoms with E-state index in [2.05, 4.69) is 16.1 Å². The second kappa shape index (κ2) is 14.0. The molecule has 0 radical (unpaired) electrons. The Morgan fingerprint density at radius 3 is 2.47 bits per heavy atom. The highest BCUT2D eigenvalue weighted by Crippen LogP contribution is 2.24. The van der Waals surface area contributed by atoms with Crippen LogP contribution in [0.2, 0.25) is 0 Å². The third kappa shape index (κ3) is 8.91. The molecule has 2 aromatic carbocycles. The number of hydroxylamine groups is 1. The van der Waals surface area contributed by atoms with Crippen LogP contribution in [-0.2, 0) is 16.2 Å². The van der Waals surface area contributed by atoms with E-state index in [1.165, 1.54) is 0 Å². The zero-order chi connectivity index (χ0) is 23.2. The normalized spacial score (nSPS) is 10.2. The highest BCUT2D eigenvalue weighted by Gasteiger charge is 2.08. The van der Waals surface area contributed by atoms with Crippen molar-refractivity contribution in [3.05, 3.63) is 59.7 Å². The summed E-state index contributed by atoms with van der Waals surface area (Å²) in [7, 11) is 3.15. The van der Waals surface area contributed by atoms with Crippen LogP contribution in [0.15, 0.2) is 48.5 Å². The lowest BCUT2D eigenvalue weighted by Gasteiger charge is -2.11. The molecule has 0 aliphatic rings. The van der Waals surface area contributed by atoms with Crippen LogP contribution in [0.5, 0.6) is 11.5 Å². The highest BCUT2D eigenvalue weighted by atomic mass is 32.1. The Kier molecular flexibility index (Phi) is 11.0. The molecule has 2 rings (SSSR count). The lowest BCUT2D eigenvalue weighted by Crippen LogP contribution is -2.39. The van der Waals surface area contributed by atoms with Gasteiger partial charge in [0.1, 0.15) is 18.1 Å². The fourth-order valence-corrected chi connectivity index (χ4v) is 3.01. The molecule has 9 heteroatoms. The number of methoxy groups -OCH3 is 2. The molecule has 8 nitrogen and oxygen atoms in total. The molecule has 0 atom stereocenters. The van der Waals surface area contributed by atoms with Gasteiger partial charge in [-0.2, -0.15) is 0 Å². The van der Waals surface area contributed by atoms with E-state index in [-0.39, 0.29) is 18.4 Å². The smallest absolute Gasteiger partial charge is 0.257 e. The largest absolute Gasteiger partial charge is 0.497 e. The van der Waals surface area contributed by atoms with Gasteiger partial charge in [0, 0.05) is 30.2 Å². The first-order chi connectivity index (χ1) is 15.5. The van der Waals surface area contributed by atoms with Crippen molar-refractivity contribution in [3.8, 4) is 11.5 Å². The minimum absolute atomic E-state index is 0.184. The first-order valence-corrected chi connectivity index (χ1v) is 10.7. The van der Waals surface area contributed by atoms with Crippen LogP contribution < -0.4 is 25.6 Å². The molecular weight excluding hydrogens is 430 g/mol. The van der Waals surface area contributed by atoms with Crippen LogP contribution in [0.3, 0.4) is 0 Å². The predicted molar refractivity (Wildman–Crippen MR) is 125 cm³/mol. The molecule has 0 saturated carbocycles. The topological polar surface area (TPSA) is 97.9 Å². The number of carbonyl (C=O) groups is 2. The summed E-state index contributed by atoms with van der Waals surface area (Å²) < 4.78 is 10.5. The molecule has 0 fully saturated rings. The number of benzene rings is 2. The van der Waals surface area contributed by atoms with Gasteiger partial charge >= 0.3 is 0 Å². The summed E-state index contributed by atoms with van der Waals surface area (Å²) >= 11 is 5.13. The van der Waals surface area contributed by atoms with Gasteiger partial charge in [-0.25, -0.2) is 5.48 Å². The monoisotopic (exact) mass is 459 g/mol. The van der Waals surface area contributed by atoms with Gasteiger partial charge in [0.15, 0.2) is 5.11 Å². The quantitative estimate of drug-likeness (QED) is 0.255. The van der Waals surface area contributed by atoms with E-state index in [0.717, 1.165) is 18.4 Å². The van der Waals surface area contributed by atoms with Crippen molar-refractivity contribution < 1.29 is 23.9 Å². The maximum atomic E-state index is 12.0. The van der Waals surface area contributed by atoms with Gasteiger partial charge in [0.05, 0.1) is 14.2 Å². The van der Waals surface area contributed by atoms with Crippen LogP contribution in [0, 0.1) is 0 Å². The average molecular weight is 460 g/mol. The van der Waals surface area contributed by atoms with Crippen molar-refractivity contribution >= 4 is 29.1 Å². The Balaban J connectivity index is 1.53. The second-order valence-corrected chi connectivity index (χ2v) is 7.29. The molecular formula is C23H29N3O5S. The molecule has 0 saturated heterocycles. The van der Waals surface area contributed by atoms with Crippen LogP contribution in [0.4, 0.5) is 0 Å². The van der Waals surface area contributed by atoms with Gasteiger partial charge in [0.2, 0.25) is 5.91 Å². The summed E-state index contributed by atoms with van der Waals surface area (Å²) in [5.74, 6) is 0.885. The van der Waals surface area contributed by atoms with E-state index >= 15 is 0 Å². The predicted octanol–water partition coefficient (Wildman–Crippen LogP) is 3.12. The zero-order valence-corrected chi connectivity index (χ0v) is 19.1. The Bertz CT molecular complexity index is 892. The van der Waals surface area contributed by atoms with E-state index in [1.54, 1.807) is 50.6 Å². The number of hydrogen-bond acceptors (Lipinski definition) is 6. The Labute approximate surface area is 193 Å². The van der Waals surface area contributed by atoms with E-state index in [9.17, 15) is 9.59 Å². The maximum absolute atomic E-state index is 12.0. The van der Waals surface area contributed by atoms with Gasteiger partial charge in [-0.15, -0.1) is 0 Å². The zero-order valence-electron chi connectivity index (χ0n) is 18.3. The fourth-order valence-electron chi connectivity index (χ4n) is 2.81. The van der Waals surface area contributed by atoms with Crippen LogP contribution in [0.1, 0.15) is 41.6 Å². The average Bonchev–Trinajstić information content (AvgIpc) is 2.81. The van der Waals surface area contributed by atoms with Gasteiger partial charge in [0.25, 0.3) is 5.91 Å².